The van der Waals surface area contributed by atoms with E-state index in [4.69, 9.17) is 11.6 Å². The molecule has 0 bridgehead atoms. The molecule has 0 aliphatic rings. The smallest absolute Gasteiger partial charge is 0.251 e. The van der Waals surface area contributed by atoms with E-state index in [2.05, 4.69) is 22.4 Å². The maximum Gasteiger partial charge on any atom is 0.251 e. The van der Waals surface area contributed by atoms with Gasteiger partial charge in [-0.1, -0.05) is 72.8 Å². The summed E-state index contributed by atoms with van der Waals surface area (Å²) in [5.41, 5.74) is 12.3. The SMILES string of the molecule is N/C(=C\N(N)Cc1ccc(CCNC(=O)c2ccccc2-c2ccccc2)cc1)c1cccnc1. The third-order valence-electron chi connectivity index (χ3n) is 5.64. The molecular weight excluding hydrogens is 434 g/mol. The predicted molar refractivity (Wildman–Crippen MR) is 140 cm³/mol. The van der Waals surface area contributed by atoms with E-state index in [1.165, 1.54) is 0 Å². The van der Waals surface area contributed by atoms with Crippen LogP contribution in [0.4, 0.5) is 0 Å². The molecule has 3 aromatic carbocycles. The molecule has 1 aromatic heterocycles. The lowest BCUT2D eigenvalue weighted by Gasteiger charge is -2.15. The first-order chi connectivity index (χ1) is 17.1. The first-order valence-corrected chi connectivity index (χ1v) is 11.5. The number of rotatable bonds is 9. The van der Waals surface area contributed by atoms with Crippen molar-refractivity contribution in [2.45, 2.75) is 13.0 Å². The zero-order chi connectivity index (χ0) is 24.5. The van der Waals surface area contributed by atoms with Crippen LogP contribution in [0.3, 0.4) is 0 Å². The Kier molecular flexibility index (Phi) is 7.88. The molecular formula is C29H29N5O. The molecule has 0 radical (unpaired) electrons. The van der Waals surface area contributed by atoms with Crippen molar-refractivity contribution in [2.24, 2.45) is 11.6 Å². The maximum atomic E-state index is 12.8. The lowest BCUT2D eigenvalue weighted by Crippen LogP contribution is -2.26. The number of pyridine rings is 1. The molecule has 0 fully saturated rings. The average Bonchev–Trinajstić information content (AvgIpc) is 2.90. The summed E-state index contributed by atoms with van der Waals surface area (Å²) in [6.45, 7) is 1.07. The van der Waals surface area contributed by atoms with Crippen LogP contribution in [-0.2, 0) is 13.0 Å². The Labute approximate surface area is 205 Å². The summed E-state index contributed by atoms with van der Waals surface area (Å²) in [6.07, 6.45) is 5.84. The molecule has 6 nitrogen and oxygen atoms in total. The average molecular weight is 464 g/mol. The van der Waals surface area contributed by atoms with Crippen molar-refractivity contribution < 1.29 is 4.79 Å². The molecule has 4 rings (SSSR count). The number of amides is 1. The number of nitrogens with two attached hydrogens (primary N) is 2. The number of nitrogens with zero attached hydrogens (tertiary/aromatic N) is 2. The molecule has 0 unspecified atom stereocenters. The highest BCUT2D eigenvalue weighted by atomic mass is 16.1. The van der Waals surface area contributed by atoms with Crippen LogP contribution >= 0.6 is 0 Å². The first kappa shape index (κ1) is 23.7. The van der Waals surface area contributed by atoms with Crippen molar-refractivity contribution in [3.05, 3.63) is 132 Å². The highest BCUT2D eigenvalue weighted by Crippen LogP contribution is 2.23. The first-order valence-electron chi connectivity index (χ1n) is 11.5. The second-order valence-corrected chi connectivity index (χ2v) is 8.23. The Morgan fingerprint density at radius 3 is 2.34 bits per heavy atom. The van der Waals surface area contributed by atoms with Crippen LogP contribution in [0.1, 0.15) is 27.0 Å². The summed E-state index contributed by atoms with van der Waals surface area (Å²) in [7, 11) is 0. The number of hydrazine groups is 1. The molecule has 35 heavy (non-hydrogen) atoms. The van der Waals surface area contributed by atoms with E-state index in [9.17, 15) is 4.79 Å². The number of hydrogen-bond donors (Lipinski definition) is 3. The molecule has 0 spiro atoms. The van der Waals surface area contributed by atoms with Gasteiger partial charge in [-0.25, -0.2) is 5.84 Å². The fourth-order valence-electron chi connectivity index (χ4n) is 3.82. The van der Waals surface area contributed by atoms with E-state index in [1.807, 2.05) is 78.9 Å². The van der Waals surface area contributed by atoms with Crippen molar-refractivity contribution >= 4 is 11.6 Å². The van der Waals surface area contributed by atoms with Crippen LogP contribution in [0.15, 0.2) is 110 Å². The summed E-state index contributed by atoms with van der Waals surface area (Å²) in [5.74, 6) is 6.04. The number of benzene rings is 3. The van der Waals surface area contributed by atoms with Crippen LogP contribution in [0, 0.1) is 0 Å². The van der Waals surface area contributed by atoms with Gasteiger partial charge in [0.15, 0.2) is 0 Å². The van der Waals surface area contributed by atoms with Gasteiger partial charge in [0.2, 0.25) is 0 Å². The minimum absolute atomic E-state index is 0.0714. The fraction of sp³-hybridized carbons (Fsp3) is 0.103. The van der Waals surface area contributed by atoms with E-state index >= 15 is 0 Å². The zero-order valence-corrected chi connectivity index (χ0v) is 19.5. The highest BCUT2D eigenvalue weighted by Gasteiger charge is 2.11. The van der Waals surface area contributed by atoms with Crippen LogP contribution < -0.4 is 16.9 Å². The third kappa shape index (κ3) is 6.56. The quantitative estimate of drug-likeness (QED) is 0.253. The van der Waals surface area contributed by atoms with Gasteiger partial charge in [-0.15, -0.1) is 0 Å². The van der Waals surface area contributed by atoms with E-state index < -0.39 is 0 Å². The summed E-state index contributed by atoms with van der Waals surface area (Å²) in [6, 6.07) is 29.5. The standard InChI is InChI=1S/C29H29N5O/c30-28(25-9-6-17-32-19-25)21-34(31)20-23-14-12-22(13-15-23)16-18-33-29(35)27-11-5-4-10-26(27)24-7-2-1-3-8-24/h1-15,17,19,21H,16,18,20,30-31H2,(H,33,35)/b28-21-. The van der Waals surface area contributed by atoms with Gasteiger partial charge in [-0.2, -0.15) is 0 Å². The number of carbonyl (C=O) groups is 1. The normalized spacial score (nSPS) is 11.2. The highest BCUT2D eigenvalue weighted by molar-refractivity contribution is 6.00. The lowest BCUT2D eigenvalue weighted by molar-refractivity contribution is 0.0955. The Bertz CT molecular complexity index is 1270. The van der Waals surface area contributed by atoms with Gasteiger partial charge >= 0.3 is 0 Å². The second-order valence-electron chi connectivity index (χ2n) is 8.23. The Morgan fingerprint density at radius 2 is 1.60 bits per heavy atom. The molecule has 1 heterocycles. The Morgan fingerprint density at radius 1 is 0.886 bits per heavy atom. The molecule has 4 aromatic rings. The van der Waals surface area contributed by atoms with Crippen molar-refractivity contribution in [1.29, 1.82) is 0 Å². The van der Waals surface area contributed by atoms with E-state index in [-0.39, 0.29) is 5.91 Å². The van der Waals surface area contributed by atoms with Crippen LogP contribution in [0.2, 0.25) is 0 Å². The molecule has 0 aliphatic heterocycles. The number of carbonyl (C=O) groups excluding carboxylic acids is 1. The molecule has 5 N–H and O–H groups in total. The van der Waals surface area contributed by atoms with Gasteiger partial charge < -0.3 is 16.1 Å². The molecule has 6 heteroatoms. The van der Waals surface area contributed by atoms with Crippen molar-refractivity contribution in [2.75, 3.05) is 6.54 Å². The minimum atomic E-state index is -0.0714. The number of hydrogen-bond acceptors (Lipinski definition) is 5. The molecule has 0 aliphatic carbocycles. The van der Waals surface area contributed by atoms with Crippen LogP contribution in [-0.4, -0.2) is 22.4 Å². The van der Waals surface area contributed by atoms with Gasteiger partial charge in [0, 0.05) is 36.3 Å². The lowest BCUT2D eigenvalue weighted by atomic mass is 9.99. The Balaban J connectivity index is 1.30. The molecule has 0 atom stereocenters. The summed E-state index contributed by atoms with van der Waals surface area (Å²) >= 11 is 0. The van der Waals surface area contributed by atoms with Gasteiger partial charge in [0.25, 0.3) is 5.91 Å². The topological polar surface area (TPSA) is 97.3 Å². The maximum absolute atomic E-state index is 12.8. The fourth-order valence-corrected chi connectivity index (χ4v) is 3.82. The molecule has 0 saturated carbocycles. The van der Waals surface area contributed by atoms with E-state index in [0.29, 0.717) is 24.4 Å². The van der Waals surface area contributed by atoms with Gasteiger partial charge in [0.1, 0.15) is 0 Å². The van der Waals surface area contributed by atoms with Crippen LogP contribution in [0.25, 0.3) is 16.8 Å². The number of aromatic nitrogens is 1. The molecule has 1 amide bonds. The van der Waals surface area contributed by atoms with Gasteiger partial charge in [-0.3, -0.25) is 9.78 Å². The third-order valence-corrected chi connectivity index (χ3v) is 5.64. The Hall–Kier alpha value is -4.42. The number of nitrogens with one attached hydrogen (secondary N) is 1. The van der Waals surface area contributed by atoms with Crippen LogP contribution in [0.5, 0.6) is 0 Å². The summed E-state index contributed by atoms with van der Waals surface area (Å²) in [5, 5.41) is 4.60. The van der Waals surface area contributed by atoms with Gasteiger partial charge in [-0.05, 0) is 46.9 Å². The van der Waals surface area contributed by atoms with Crippen molar-refractivity contribution in [1.82, 2.24) is 15.3 Å². The second kappa shape index (κ2) is 11.6. The van der Waals surface area contributed by atoms with Crippen molar-refractivity contribution in [3.8, 4) is 11.1 Å². The summed E-state index contributed by atoms with van der Waals surface area (Å²) in [4.78, 5) is 16.9. The van der Waals surface area contributed by atoms with Gasteiger partial charge in [0.05, 0.1) is 12.2 Å². The molecule has 176 valence electrons. The predicted octanol–water partition coefficient (Wildman–Crippen LogP) is 4.35. The monoisotopic (exact) mass is 463 g/mol. The van der Waals surface area contributed by atoms with E-state index in [1.54, 1.807) is 23.6 Å². The molecule has 0 saturated heterocycles. The van der Waals surface area contributed by atoms with Crippen molar-refractivity contribution in [3.63, 3.8) is 0 Å². The largest absolute Gasteiger partial charge is 0.397 e. The van der Waals surface area contributed by atoms with E-state index in [0.717, 1.165) is 34.2 Å². The summed E-state index contributed by atoms with van der Waals surface area (Å²) < 4.78 is 0. The minimum Gasteiger partial charge on any atom is -0.397 e. The zero-order valence-electron chi connectivity index (χ0n) is 19.5.